The zero-order valence-corrected chi connectivity index (χ0v) is 12.5. The van der Waals surface area contributed by atoms with E-state index in [9.17, 15) is 4.79 Å². The first-order valence-corrected chi connectivity index (χ1v) is 7.32. The fourth-order valence-corrected chi connectivity index (χ4v) is 2.31. The van der Waals surface area contributed by atoms with E-state index < -0.39 is 0 Å². The Bertz CT molecular complexity index is 765. The van der Waals surface area contributed by atoms with Crippen LogP contribution in [-0.2, 0) is 0 Å². The number of halogens is 1. The molecule has 22 heavy (non-hydrogen) atoms. The summed E-state index contributed by atoms with van der Waals surface area (Å²) in [5, 5.41) is 3.49. The van der Waals surface area contributed by atoms with Crippen molar-refractivity contribution in [3.05, 3.63) is 89.4 Å². The van der Waals surface area contributed by atoms with Gasteiger partial charge in [0.15, 0.2) is 0 Å². The van der Waals surface area contributed by atoms with Crippen LogP contribution in [-0.4, -0.2) is 5.91 Å². The molecular weight excluding hydrogens is 294 g/mol. The third-order valence-electron chi connectivity index (χ3n) is 3.36. The van der Waals surface area contributed by atoms with Gasteiger partial charge in [-0.15, -0.1) is 0 Å². The maximum Gasteiger partial charge on any atom is 0.255 e. The molecule has 0 saturated heterocycles. The van der Waals surface area contributed by atoms with Crippen molar-refractivity contribution in [2.75, 3.05) is 5.32 Å². The lowest BCUT2D eigenvalue weighted by Gasteiger charge is -2.06. The minimum atomic E-state index is -0.137. The molecule has 3 heteroatoms. The highest BCUT2D eigenvalue weighted by atomic mass is 35.5. The number of nitrogens with one attached hydrogen (secondary N) is 1. The SMILES string of the molecule is O=C(Nc1ccc(Cl)cc1)c1ccc(-c2ccccc2)cc1. The van der Waals surface area contributed by atoms with Crippen LogP contribution in [0.5, 0.6) is 0 Å². The normalized spacial score (nSPS) is 10.2. The molecule has 1 N–H and O–H groups in total. The number of amides is 1. The summed E-state index contributed by atoms with van der Waals surface area (Å²) < 4.78 is 0. The number of rotatable bonds is 3. The van der Waals surface area contributed by atoms with Crippen LogP contribution in [0.1, 0.15) is 10.4 Å². The fraction of sp³-hybridized carbons (Fsp3) is 0. The van der Waals surface area contributed by atoms with Gasteiger partial charge >= 0.3 is 0 Å². The zero-order valence-electron chi connectivity index (χ0n) is 11.8. The van der Waals surface area contributed by atoms with Gasteiger partial charge in [-0.05, 0) is 47.5 Å². The second-order valence-electron chi connectivity index (χ2n) is 4.90. The quantitative estimate of drug-likeness (QED) is 0.702. The molecule has 0 heterocycles. The van der Waals surface area contributed by atoms with Crippen molar-refractivity contribution < 1.29 is 4.79 Å². The van der Waals surface area contributed by atoms with Gasteiger partial charge in [-0.2, -0.15) is 0 Å². The van der Waals surface area contributed by atoms with Crippen molar-refractivity contribution >= 4 is 23.2 Å². The summed E-state index contributed by atoms with van der Waals surface area (Å²) in [7, 11) is 0. The molecule has 0 spiro atoms. The molecule has 108 valence electrons. The third kappa shape index (κ3) is 3.35. The van der Waals surface area contributed by atoms with Gasteiger partial charge in [0.25, 0.3) is 5.91 Å². The highest BCUT2D eigenvalue weighted by Crippen LogP contribution is 2.20. The van der Waals surface area contributed by atoms with Crippen molar-refractivity contribution in [3.8, 4) is 11.1 Å². The summed E-state index contributed by atoms with van der Waals surface area (Å²) in [6.07, 6.45) is 0. The average Bonchev–Trinajstić information content (AvgIpc) is 2.58. The Morgan fingerprint density at radius 3 is 1.95 bits per heavy atom. The van der Waals surface area contributed by atoms with E-state index >= 15 is 0 Å². The van der Waals surface area contributed by atoms with Crippen LogP contribution >= 0.6 is 11.6 Å². The van der Waals surface area contributed by atoms with Gasteiger partial charge < -0.3 is 5.32 Å². The van der Waals surface area contributed by atoms with E-state index in [1.807, 2.05) is 54.6 Å². The molecule has 0 aliphatic rings. The van der Waals surface area contributed by atoms with Gasteiger partial charge in [-0.3, -0.25) is 4.79 Å². The number of hydrogen-bond acceptors (Lipinski definition) is 1. The van der Waals surface area contributed by atoms with Gasteiger partial charge in [0.05, 0.1) is 0 Å². The standard InChI is InChI=1S/C19H14ClNO/c20-17-10-12-18(13-11-17)21-19(22)16-8-6-15(7-9-16)14-4-2-1-3-5-14/h1-13H,(H,21,22). The molecule has 0 unspecified atom stereocenters. The maximum atomic E-state index is 12.2. The summed E-state index contributed by atoms with van der Waals surface area (Å²) in [6.45, 7) is 0. The van der Waals surface area contributed by atoms with Crippen LogP contribution in [0.15, 0.2) is 78.9 Å². The first kappa shape index (κ1) is 14.4. The minimum absolute atomic E-state index is 0.137. The lowest BCUT2D eigenvalue weighted by molar-refractivity contribution is 0.102. The van der Waals surface area contributed by atoms with E-state index in [0.717, 1.165) is 16.8 Å². The second kappa shape index (κ2) is 6.46. The van der Waals surface area contributed by atoms with E-state index in [4.69, 9.17) is 11.6 Å². The van der Waals surface area contributed by atoms with Crippen molar-refractivity contribution in [2.45, 2.75) is 0 Å². The molecule has 0 saturated carbocycles. The molecule has 0 aliphatic heterocycles. The summed E-state index contributed by atoms with van der Waals surface area (Å²) in [4.78, 5) is 12.2. The Labute approximate surface area is 134 Å². The Kier molecular flexibility index (Phi) is 4.22. The smallest absolute Gasteiger partial charge is 0.255 e. The van der Waals surface area contributed by atoms with Gasteiger partial charge in [-0.1, -0.05) is 54.1 Å². The fourth-order valence-electron chi connectivity index (χ4n) is 2.18. The second-order valence-corrected chi connectivity index (χ2v) is 5.34. The molecule has 3 aromatic carbocycles. The van der Waals surface area contributed by atoms with Crippen LogP contribution in [0.2, 0.25) is 5.02 Å². The van der Waals surface area contributed by atoms with Crippen molar-refractivity contribution in [1.82, 2.24) is 0 Å². The van der Waals surface area contributed by atoms with E-state index in [1.54, 1.807) is 24.3 Å². The topological polar surface area (TPSA) is 29.1 Å². The van der Waals surface area contributed by atoms with Crippen LogP contribution < -0.4 is 5.32 Å². The molecule has 0 bridgehead atoms. The molecular formula is C19H14ClNO. The largest absolute Gasteiger partial charge is 0.322 e. The number of anilines is 1. The van der Waals surface area contributed by atoms with Crippen LogP contribution in [0, 0.1) is 0 Å². The number of benzene rings is 3. The van der Waals surface area contributed by atoms with Crippen molar-refractivity contribution in [2.24, 2.45) is 0 Å². The Hall–Kier alpha value is -2.58. The Morgan fingerprint density at radius 1 is 0.727 bits per heavy atom. The zero-order chi connectivity index (χ0) is 15.4. The molecule has 2 nitrogen and oxygen atoms in total. The molecule has 3 aromatic rings. The monoisotopic (exact) mass is 307 g/mol. The molecule has 0 atom stereocenters. The molecule has 0 radical (unpaired) electrons. The maximum absolute atomic E-state index is 12.2. The molecule has 0 aromatic heterocycles. The van der Waals surface area contributed by atoms with Gasteiger partial charge in [0.1, 0.15) is 0 Å². The summed E-state index contributed by atoms with van der Waals surface area (Å²) >= 11 is 5.83. The number of carbonyl (C=O) groups excluding carboxylic acids is 1. The first-order valence-electron chi connectivity index (χ1n) is 6.95. The van der Waals surface area contributed by atoms with Gasteiger partial charge in [0, 0.05) is 16.3 Å². The van der Waals surface area contributed by atoms with Crippen molar-refractivity contribution in [1.29, 1.82) is 0 Å². The van der Waals surface area contributed by atoms with E-state index in [2.05, 4.69) is 5.32 Å². The predicted octanol–water partition coefficient (Wildman–Crippen LogP) is 5.26. The Balaban J connectivity index is 1.75. The minimum Gasteiger partial charge on any atom is -0.322 e. The van der Waals surface area contributed by atoms with E-state index in [1.165, 1.54) is 0 Å². The molecule has 0 fully saturated rings. The van der Waals surface area contributed by atoms with Crippen LogP contribution in [0.3, 0.4) is 0 Å². The lowest BCUT2D eigenvalue weighted by atomic mass is 10.0. The summed E-state index contributed by atoms with van der Waals surface area (Å²) in [5.41, 5.74) is 3.56. The average molecular weight is 308 g/mol. The van der Waals surface area contributed by atoms with Crippen LogP contribution in [0.4, 0.5) is 5.69 Å². The third-order valence-corrected chi connectivity index (χ3v) is 3.61. The first-order chi connectivity index (χ1) is 10.7. The molecule has 3 rings (SSSR count). The highest BCUT2D eigenvalue weighted by molar-refractivity contribution is 6.30. The van der Waals surface area contributed by atoms with Crippen LogP contribution in [0.25, 0.3) is 11.1 Å². The molecule has 1 amide bonds. The Morgan fingerprint density at radius 2 is 1.32 bits per heavy atom. The summed E-state index contributed by atoms with van der Waals surface area (Å²) in [5.74, 6) is -0.137. The summed E-state index contributed by atoms with van der Waals surface area (Å²) in [6, 6.07) is 24.7. The van der Waals surface area contributed by atoms with Gasteiger partial charge in [-0.25, -0.2) is 0 Å². The number of carbonyl (C=O) groups is 1. The van der Waals surface area contributed by atoms with E-state index in [-0.39, 0.29) is 5.91 Å². The van der Waals surface area contributed by atoms with E-state index in [0.29, 0.717) is 10.6 Å². The number of hydrogen-bond donors (Lipinski definition) is 1. The lowest BCUT2D eigenvalue weighted by Crippen LogP contribution is -2.11. The predicted molar refractivity (Wildman–Crippen MR) is 91.3 cm³/mol. The van der Waals surface area contributed by atoms with Gasteiger partial charge in [0.2, 0.25) is 0 Å². The molecule has 0 aliphatic carbocycles. The highest BCUT2D eigenvalue weighted by Gasteiger charge is 2.06. The van der Waals surface area contributed by atoms with Crippen molar-refractivity contribution in [3.63, 3.8) is 0 Å².